The van der Waals surface area contributed by atoms with Crippen molar-refractivity contribution in [3.63, 3.8) is 0 Å². The average Bonchev–Trinajstić information content (AvgIpc) is 2.42. The van der Waals surface area contributed by atoms with Crippen LogP contribution in [-0.2, 0) is 4.79 Å². The largest absolute Gasteiger partial charge is 0.434 e. The molecule has 1 saturated heterocycles. The fraction of sp³-hybridized carbons (Fsp3) is 0.533. The van der Waals surface area contributed by atoms with Crippen LogP contribution >= 0.6 is 0 Å². The topological polar surface area (TPSA) is 41.6 Å². The number of nitrogens with one attached hydrogen (secondary N) is 1. The smallest absolute Gasteiger partial charge is 0.387 e. The molecule has 1 N–H and O–H groups in total. The lowest BCUT2D eigenvalue weighted by atomic mass is 10.0. The molecule has 122 valence electrons. The lowest BCUT2D eigenvalue weighted by molar-refractivity contribution is -0.132. The zero-order valence-corrected chi connectivity index (χ0v) is 12.5. The van der Waals surface area contributed by atoms with Crippen molar-refractivity contribution in [3.05, 3.63) is 29.6 Å². The van der Waals surface area contributed by atoms with Crippen molar-refractivity contribution in [2.45, 2.75) is 38.5 Å². The van der Waals surface area contributed by atoms with Crippen LogP contribution in [0.3, 0.4) is 0 Å². The van der Waals surface area contributed by atoms with E-state index in [1.54, 1.807) is 18.9 Å². The van der Waals surface area contributed by atoms with Gasteiger partial charge in [0.1, 0.15) is 11.6 Å². The molecule has 22 heavy (non-hydrogen) atoms. The number of piperidine rings is 1. The maximum Gasteiger partial charge on any atom is 0.387 e. The summed E-state index contributed by atoms with van der Waals surface area (Å²) in [4.78, 5) is 13.1. The van der Waals surface area contributed by atoms with Gasteiger partial charge in [-0.2, -0.15) is 8.78 Å². The van der Waals surface area contributed by atoms with E-state index in [-0.39, 0.29) is 23.7 Å². The van der Waals surface area contributed by atoms with Crippen molar-refractivity contribution < 1.29 is 22.7 Å². The predicted octanol–water partition coefficient (Wildman–Crippen LogP) is 2.70. The standard InChI is InChI=1S/C15H19F3N2O2/c1-9(19-11-4-6-14(21)20(2)8-11)12-5-3-10(16)7-13(12)22-15(17)18/h3,5,7,9,11,15,19H,4,6,8H2,1-2H3/t9-,11+/m0/s1. The van der Waals surface area contributed by atoms with Crippen molar-refractivity contribution >= 4 is 5.91 Å². The summed E-state index contributed by atoms with van der Waals surface area (Å²) in [5, 5.41) is 3.28. The molecule has 7 heteroatoms. The number of ether oxygens (including phenoxy) is 1. The lowest BCUT2D eigenvalue weighted by Crippen LogP contribution is -2.47. The number of alkyl halides is 2. The second-order valence-electron chi connectivity index (χ2n) is 5.46. The minimum absolute atomic E-state index is 0.0575. The fourth-order valence-electron chi connectivity index (χ4n) is 2.66. The van der Waals surface area contributed by atoms with Gasteiger partial charge in [0.05, 0.1) is 0 Å². The number of nitrogens with zero attached hydrogens (tertiary/aromatic N) is 1. The zero-order chi connectivity index (χ0) is 16.3. The molecule has 1 amide bonds. The van der Waals surface area contributed by atoms with E-state index >= 15 is 0 Å². The third kappa shape index (κ3) is 4.13. The number of benzene rings is 1. The minimum Gasteiger partial charge on any atom is -0.434 e. The molecule has 0 spiro atoms. The molecule has 4 nitrogen and oxygen atoms in total. The van der Waals surface area contributed by atoms with E-state index in [9.17, 15) is 18.0 Å². The molecular formula is C15H19F3N2O2. The van der Waals surface area contributed by atoms with Gasteiger partial charge in [-0.25, -0.2) is 4.39 Å². The van der Waals surface area contributed by atoms with Crippen molar-refractivity contribution in [2.75, 3.05) is 13.6 Å². The highest BCUT2D eigenvalue weighted by Crippen LogP contribution is 2.28. The van der Waals surface area contributed by atoms with Gasteiger partial charge in [0.15, 0.2) is 0 Å². The molecule has 1 aliphatic heterocycles. The van der Waals surface area contributed by atoms with Crippen molar-refractivity contribution in [2.24, 2.45) is 0 Å². The quantitative estimate of drug-likeness (QED) is 0.908. The highest BCUT2D eigenvalue weighted by molar-refractivity contribution is 5.76. The van der Waals surface area contributed by atoms with Gasteiger partial charge in [-0.05, 0) is 19.4 Å². The minimum atomic E-state index is -3.01. The number of halogens is 3. The van der Waals surface area contributed by atoms with Crippen LogP contribution in [0, 0.1) is 5.82 Å². The highest BCUT2D eigenvalue weighted by Gasteiger charge is 2.25. The molecular weight excluding hydrogens is 297 g/mol. The third-order valence-corrected chi connectivity index (χ3v) is 3.77. The number of likely N-dealkylation sites (N-methyl/N-ethyl adjacent to an activating group) is 1. The highest BCUT2D eigenvalue weighted by atomic mass is 19.3. The van der Waals surface area contributed by atoms with Crippen LogP contribution in [0.25, 0.3) is 0 Å². The Morgan fingerprint density at radius 3 is 2.77 bits per heavy atom. The zero-order valence-electron chi connectivity index (χ0n) is 12.5. The Bertz CT molecular complexity index is 540. The maximum atomic E-state index is 13.2. The van der Waals surface area contributed by atoms with Crippen LogP contribution in [0.5, 0.6) is 5.75 Å². The van der Waals surface area contributed by atoms with Gasteiger partial charge in [-0.15, -0.1) is 0 Å². The molecule has 1 fully saturated rings. The van der Waals surface area contributed by atoms with Crippen LogP contribution in [0.15, 0.2) is 18.2 Å². The Morgan fingerprint density at radius 1 is 1.41 bits per heavy atom. The first-order valence-corrected chi connectivity index (χ1v) is 7.11. The van der Waals surface area contributed by atoms with Gasteiger partial charge in [-0.1, -0.05) is 6.07 Å². The number of amides is 1. The molecule has 0 saturated carbocycles. The van der Waals surface area contributed by atoms with E-state index in [0.717, 1.165) is 6.07 Å². The number of rotatable bonds is 5. The van der Waals surface area contributed by atoms with Gasteiger partial charge >= 0.3 is 6.61 Å². The predicted molar refractivity (Wildman–Crippen MR) is 75.2 cm³/mol. The Morgan fingerprint density at radius 2 is 2.14 bits per heavy atom. The summed E-state index contributed by atoms with van der Waals surface area (Å²) in [6, 6.07) is 3.35. The Hall–Kier alpha value is -1.76. The van der Waals surface area contributed by atoms with Gasteiger partial charge in [-0.3, -0.25) is 4.79 Å². The van der Waals surface area contributed by atoms with E-state index in [1.165, 1.54) is 12.1 Å². The number of likely N-dealkylation sites (tertiary alicyclic amines) is 1. The molecule has 0 unspecified atom stereocenters. The number of hydrogen-bond acceptors (Lipinski definition) is 3. The van der Waals surface area contributed by atoms with E-state index in [4.69, 9.17) is 0 Å². The van der Waals surface area contributed by atoms with E-state index < -0.39 is 12.4 Å². The summed E-state index contributed by atoms with van der Waals surface area (Å²) in [5.74, 6) is -0.709. The molecule has 2 atom stereocenters. The first-order valence-electron chi connectivity index (χ1n) is 7.11. The fourth-order valence-corrected chi connectivity index (χ4v) is 2.66. The van der Waals surface area contributed by atoms with Crippen molar-refractivity contribution in [1.29, 1.82) is 0 Å². The number of carbonyl (C=O) groups excluding carboxylic acids is 1. The van der Waals surface area contributed by atoms with Crippen LogP contribution < -0.4 is 10.1 Å². The van der Waals surface area contributed by atoms with Crippen LogP contribution in [0.4, 0.5) is 13.2 Å². The van der Waals surface area contributed by atoms with Gasteiger partial charge in [0, 0.05) is 43.7 Å². The molecule has 1 aromatic rings. The number of hydrogen-bond donors (Lipinski definition) is 1. The molecule has 2 rings (SSSR count). The van der Waals surface area contributed by atoms with Gasteiger partial charge in [0.25, 0.3) is 0 Å². The van der Waals surface area contributed by atoms with Crippen LogP contribution in [0.2, 0.25) is 0 Å². The Kier molecular flexibility index (Phi) is 5.28. The maximum absolute atomic E-state index is 13.2. The molecule has 0 radical (unpaired) electrons. The van der Waals surface area contributed by atoms with Crippen molar-refractivity contribution in [1.82, 2.24) is 10.2 Å². The monoisotopic (exact) mass is 316 g/mol. The molecule has 0 aliphatic carbocycles. The van der Waals surface area contributed by atoms with E-state index in [1.807, 2.05) is 0 Å². The lowest BCUT2D eigenvalue weighted by Gasteiger charge is -2.32. The normalized spacial score (nSPS) is 20.4. The Labute approximate surface area is 127 Å². The average molecular weight is 316 g/mol. The number of carbonyl (C=O) groups is 1. The molecule has 0 aromatic heterocycles. The third-order valence-electron chi connectivity index (χ3n) is 3.77. The summed E-state index contributed by atoms with van der Waals surface area (Å²) in [5.41, 5.74) is 0.459. The first-order chi connectivity index (χ1) is 10.4. The summed E-state index contributed by atoms with van der Waals surface area (Å²) >= 11 is 0. The van der Waals surface area contributed by atoms with E-state index in [2.05, 4.69) is 10.1 Å². The SMILES string of the molecule is C[C@H](N[C@@H]1CCC(=O)N(C)C1)c1ccc(F)cc1OC(F)F. The van der Waals surface area contributed by atoms with E-state index in [0.29, 0.717) is 24.9 Å². The van der Waals surface area contributed by atoms with Gasteiger partial charge in [0.2, 0.25) is 5.91 Å². The molecule has 1 aromatic carbocycles. The summed E-state index contributed by atoms with van der Waals surface area (Å²) in [6.45, 7) is -0.664. The van der Waals surface area contributed by atoms with Gasteiger partial charge < -0.3 is 15.0 Å². The Balaban J connectivity index is 2.08. The second kappa shape index (κ2) is 7.00. The summed E-state index contributed by atoms with van der Waals surface area (Å²) in [7, 11) is 1.73. The summed E-state index contributed by atoms with van der Waals surface area (Å²) < 4.78 is 42.5. The molecule has 1 aliphatic rings. The van der Waals surface area contributed by atoms with Crippen LogP contribution in [-0.4, -0.2) is 37.1 Å². The molecule has 1 heterocycles. The second-order valence-corrected chi connectivity index (χ2v) is 5.46. The molecule has 0 bridgehead atoms. The summed E-state index contributed by atoms with van der Waals surface area (Å²) in [6.07, 6.45) is 1.13. The van der Waals surface area contributed by atoms with Crippen LogP contribution in [0.1, 0.15) is 31.4 Å². The van der Waals surface area contributed by atoms with Crippen molar-refractivity contribution in [3.8, 4) is 5.75 Å². The first kappa shape index (κ1) is 16.6.